The molecule has 0 bridgehead atoms. The minimum absolute atomic E-state index is 0.0159. The van der Waals surface area contributed by atoms with Gasteiger partial charge in [0.15, 0.2) is 0 Å². The molecule has 3 nitrogen and oxygen atoms in total. The smallest absolute Gasteiger partial charge is 0.228 e. The van der Waals surface area contributed by atoms with E-state index in [1.165, 1.54) is 0 Å². The lowest BCUT2D eigenvalue weighted by atomic mass is 9.61. The summed E-state index contributed by atoms with van der Waals surface area (Å²) < 4.78 is 0. The third-order valence-corrected chi connectivity index (χ3v) is 5.98. The summed E-state index contributed by atoms with van der Waals surface area (Å²) in [5.41, 5.74) is 7.02. The van der Waals surface area contributed by atoms with Crippen LogP contribution >= 0.6 is 11.8 Å². The highest BCUT2D eigenvalue weighted by molar-refractivity contribution is 7.98. The van der Waals surface area contributed by atoms with E-state index in [1.54, 1.807) is 11.8 Å². The average molecular weight is 306 g/mol. The Kier molecular flexibility index (Phi) is 4.99. The number of nitrogens with one attached hydrogen (secondary N) is 1. The van der Waals surface area contributed by atoms with Gasteiger partial charge < -0.3 is 11.1 Å². The van der Waals surface area contributed by atoms with E-state index >= 15 is 0 Å². The first-order valence-corrected chi connectivity index (χ1v) is 8.80. The normalized spacial score (nSPS) is 28.1. The molecule has 1 saturated carbocycles. The highest BCUT2D eigenvalue weighted by atomic mass is 32.2. The predicted molar refractivity (Wildman–Crippen MR) is 90.5 cm³/mol. The number of carbonyl (C=O) groups is 1. The van der Waals surface area contributed by atoms with Crippen LogP contribution in [-0.4, -0.2) is 18.2 Å². The Morgan fingerprint density at radius 3 is 2.67 bits per heavy atom. The second-order valence-electron chi connectivity index (χ2n) is 6.59. The van der Waals surface area contributed by atoms with Crippen molar-refractivity contribution < 1.29 is 4.79 Å². The van der Waals surface area contributed by atoms with E-state index in [1.807, 2.05) is 30.5 Å². The molecule has 3 N–H and O–H groups in total. The zero-order chi connectivity index (χ0) is 15.6. The Hall–Kier alpha value is -1.00. The lowest BCUT2D eigenvalue weighted by Crippen LogP contribution is -2.50. The van der Waals surface area contributed by atoms with Crippen molar-refractivity contribution in [1.82, 2.24) is 0 Å². The molecule has 1 aromatic carbocycles. The summed E-state index contributed by atoms with van der Waals surface area (Å²) in [6.45, 7) is 6.50. The number of hydrogen-bond donors (Lipinski definition) is 2. The first-order chi connectivity index (χ1) is 9.87. The van der Waals surface area contributed by atoms with Crippen molar-refractivity contribution in [2.24, 2.45) is 23.0 Å². The standard InChI is InChI=1S/C17H26N2OS/c1-11-13(18)10-9-12(17(11,2)3)16(20)19-14-7-5-6-8-15(14)21-4/h5-8,11-13H,9-10,18H2,1-4H3,(H,19,20). The van der Waals surface area contributed by atoms with Crippen molar-refractivity contribution in [3.8, 4) is 0 Å². The van der Waals surface area contributed by atoms with E-state index in [0.717, 1.165) is 23.4 Å². The fraction of sp³-hybridized carbons (Fsp3) is 0.588. The van der Waals surface area contributed by atoms with Crippen molar-refractivity contribution in [2.75, 3.05) is 11.6 Å². The van der Waals surface area contributed by atoms with Crippen molar-refractivity contribution in [3.05, 3.63) is 24.3 Å². The van der Waals surface area contributed by atoms with Crippen LogP contribution in [-0.2, 0) is 4.79 Å². The molecule has 116 valence electrons. The summed E-state index contributed by atoms with van der Waals surface area (Å²) in [4.78, 5) is 13.8. The Balaban J connectivity index is 2.16. The van der Waals surface area contributed by atoms with Gasteiger partial charge in [-0.15, -0.1) is 11.8 Å². The van der Waals surface area contributed by atoms with Crippen LogP contribution < -0.4 is 11.1 Å². The van der Waals surface area contributed by atoms with Gasteiger partial charge in [-0.2, -0.15) is 0 Å². The quantitative estimate of drug-likeness (QED) is 0.836. The number of para-hydroxylation sites is 1. The SMILES string of the molecule is CSc1ccccc1NC(=O)C1CCC(N)C(C)C1(C)C. The summed E-state index contributed by atoms with van der Waals surface area (Å²) in [6.07, 6.45) is 3.81. The van der Waals surface area contributed by atoms with Crippen LogP contribution in [0.3, 0.4) is 0 Å². The van der Waals surface area contributed by atoms with E-state index < -0.39 is 0 Å². The summed E-state index contributed by atoms with van der Waals surface area (Å²) in [5, 5.41) is 3.12. The zero-order valence-corrected chi connectivity index (χ0v) is 14.2. The van der Waals surface area contributed by atoms with Gasteiger partial charge >= 0.3 is 0 Å². The fourth-order valence-electron chi connectivity index (χ4n) is 3.29. The van der Waals surface area contributed by atoms with Crippen LogP contribution in [0.4, 0.5) is 5.69 Å². The van der Waals surface area contributed by atoms with Gasteiger partial charge in [0.25, 0.3) is 0 Å². The Labute approximate surface area is 132 Å². The highest BCUT2D eigenvalue weighted by Crippen LogP contribution is 2.45. The lowest BCUT2D eigenvalue weighted by molar-refractivity contribution is -0.127. The molecule has 0 aliphatic heterocycles. The first kappa shape index (κ1) is 16.4. The zero-order valence-electron chi connectivity index (χ0n) is 13.3. The van der Waals surface area contributed by atoms with E-state index in [4.69, 9.17) is 5.73 Å². The maximum Gasteiger partial charge on any atom is 0.228 e. The second-order valence-corrected chi connectivity index (χ2v) is 7.44. The molecule has 0 aromatic heterocycles. The molecule has 3 unspecified atom stereocenters. The van der Waals surface area contributed by atoms with E-state index in [2.05, 4.69) is 26.1 Å². The third-order valence-electron chi connectivity index (χ3n) is 5.18. The van der Waals surface area contributed by atoms with E-state index in [9.17, 15) is 4.79 Å². The minimum Gasteiger partial charge on any atom is -0.327 e. The van der Waals surface area contributed by atoms with Gasteiger partial charge in [0, 0.05) is 16.9 Å². The largest absolute Gasteiger partial charge is 0.327 e. The number of nitrogens with two attached hydrogens (primary N) is 1. The Bertz CT molecular complexity index is 515. The highest BCUT2D eigenvalue weighted by Gasteiger charge is 2.45. The summed E-state index contributed by atoms with van der Waals surface area (Å²) >= 11 is 1.65. The molecular formula is C17H26N2OS. The molecule has 1 aliphatic carbocycles. The molecule has 1 fully saturated rings. The van der Waals surface area contributed by atoms with Crippen LogP contribution in [0.25, 0.3) is 0 Å². The second kappa shape index (κ2) is 6.41. The lowest BCUT2D eigenvalue weighted by Gasteiger charge is -2.46. The van der Waals surface area contributed by atoms with Gasteiger partial charge in [0.2, 0.25) is 5.91 Å². The number of benzene rings is 1. The number of hydrogen-bond acceptors (Lipinski definition) is 3. The number of carbonyl (C=O) groups excluding carboxylic acids is 1. The van der Waals surface area contributed by atoms with Crippen LogP contribution in [0.1, 0.15) is 33.6 Å². The van der Waals surface area contributed by atoms with Gasteiger partial charge in [0.05, 0.1) is 5.69 Å². The van der Waals surface area contributed by atoms with Crippen molar-refractivity contribution in [2.45, 2.75) is 44.6 Å². The molecule has 0 saturated heterocycles. The molecule has 0 spiro atoms. The number of rotatable bonds is 3. The van der Waals surface area contributed by atoms with Crippen LogP contribution in [0.5, 0.6) is 0 Å². The molecule has 0 radical (unpaired) electrons. The number of anilines is 1. The van der Waals surface area contributed by atoms with Gasteiger partial charge in [-0.3, -0.25) is 4.79 Å². The van der Waals surface area contributed by atoms with Crippen molar-refractivity contribution in [1.29, 1.82) is 0 Å². The number of amides is 1. The van der Waals surface area contributed by atoms with Gasteiger partial charge in [-0.05, 0) is 42.6 Å². The minimum atomic E-state index is -0.0734. The molecule has 2 rings (SSSR count). The van der Waals surface area contributed by atoms with Gasteiger partial charge in [-0.25, -0.2) is 0 Å². The van der Waals surface area contributed by atoms with Gasteiger partial charge in [-0.1, -0.05) is 32.9 Å². The molecule has 3 atom stereocenters. The van der Waals surface area contributed by atoms with Crippen molar-refractivity contribution >= 4 is 23.4 Å². The van der Waals surface area contributed by atoms with E-state index in [0.29, 0.717) is 5.92 Å². The Morgan fingerprint density at radius 1 is 1.33 bits per heavy atom. The number of thioether (sulfide) groups is 1. The maximum absolute atomic E-state index is 12.7. The van der Waals surface area contributed by atoms with Gasteiger partial charge in [0.1, 0.15) is 0 Å². The summed E-state index contributed by atoms with van der Waals surface area (Å²) in [6, 6.07) is 8.15. The molecular weight excluding hydrogens is 280 g/mol. The predicted octanol–water partition coefficient (Wildman–Crippen LogP) is 3.75. The average Bonchev–Trinajstić information content (AvgIpc) is 2.45. The monoisotopic (exact) mass is 306 g/mol. The topological polar surface area (TPSA) is 55.1 Å². The Morgan fingerprint density at radius 2 is 2.00 bits per heavy atom. The van der Waals surface area contributed by atoms with Crippen LogP contribution in [0, 0.1) is 17.3 Å². The van der Waals surface area contributed by atoms with Crippen LogP contribution in [0.2, 0.25) is 0 Å². The van der Waals surface area contributed by atoms with Crippen molar-refractivity contribution in [3.63, 3.8) is 0 Å². The maximum atomic E-state index is 12.7. The molecule has 4 heteroatoms. The molecule has 1 aromatic rings. The molecule has 0 heterocycles. The first-order valence-electron chi connectivity index (χ1n) is 7.57. The van der Waals surface area contributed by atoms with E-state index in [-0.39, 0.29) is 23.3 Å². The molecule has 21 heavy (non-hydrogen) atoms. The molecule has 1 aliphatic rings. The van der Waals surface area contributed by atoms with Crippen LogP contribution in [0.15, 0.2) is 29.2 Å². The summed E-state index contributed by atoms with van der Waals surface area (Å²) in [5.74, 6) is 0.486. The fourth-order valence-corrected chi connectivity index (χ4v) is 3.84. The summed E-state index contributed by atoms with van der Waals surface area (Å²) in [7, 11) is 0. The molecule has 1 amide bonds. The third kappa shape index (κ3) is 3.27.